The van der Waals surface area contributed by atoms with Crippen molar-refractivity contribution in [3.63, 3.8) is 0 Å². The summed E-state index contributed by atoms with van der Waals surface area (Å²) in [5.74, 6) is 0. The molecule has 0 saturated heterocycles. The first kappa shape index (κ1) is 12.0. The number of hydrogen-bond acceptors (Lipinski definition) is 2. The molecule has 0 fully saturated rings. The van der Waals surface area contributed by atoms with Crippen LogP contribution in [0.1, 0.15) is 49.4 Å². The van der Waals surface area contributed by atoms with Gasteiger partial charge in [-0.3, -0.25) is 4.98 Å². The molecule has 2 nitrogen and oxygen atoms in total. The van der Waals surface area contributed by atoms with Gasteiger partial charge in [0, 0.05) is 5.69 Å². The lowest BCUT2D eigenvalue weighted by Gasteiger charge is -2.10. The second-order valence-electron chi connectivity index (χ2n) is 4.21. The average molecular weight is 206 g/mol. The summed E-state index contributed by atoms with van der Waals surface area (Å²) in [5.41, 5.74) is 10.4. The summed E-state index contributed by atoms with van der Waals surface area (Å²) in [5, 5.41) is 0. The van der Waals surface area contributed by atoms with E-state index >= 15 is 0 Å². The summed E-state index contributed by atoms with van der Waals surface area (Å²) in [6.07, 6.45) is 8.06. The van der Waals surface area contributed by atoms with Gasteiger partial charge in [0.1, 0.15) is 0 Å². The molecule has 1 rings (SSSR count). The van der Waals surface area contributed by atoms with E-state index in [2.05, 4.69) is 25.8 Å². The van der Waals surface area contributed by atoms with Crippen LogP contribution in [0.15, 0.2) is 6.20 Å². The molecule has 0 radical (unpaired) electrons. The third-order valence-corrected chi connectivity index (χ3v) is 3.00. The first-order chi connectivity index (χ1) is 7.16. The highest BCUT2D eigenvalue weighted by molar-refractivity contribution is 5.49. The maximum Gasteiger partial charge on any atom is 0.0533 e. The quantitative estimate of drug-likeness (QED) is 0.750. The molecule has 0 atom stereocenters. The van der Waals surface area contributed by atoms with Gasteiger partial charge in [-0.15, -0.1) is 0 Å². The number of aryl methyl sites for hydroxylation is 1. The van der Waals surface area contributed by atoms with Crippen LogP contribution in [0.25, 0.3) is 0 Å². The van der Waals surface area contributed by atoms with Gasteiger partial charge in [0.2, 0.25) is 0 Å². The maximum atomic E-state index is 5.86. The minimum absolute atomic E-state index is 0.825. The lowest BCUT2D eigenvalue weighted by atomic mass is 10.00. The summed E-state index contributed by atoms with van der Waals surface area (Å²) in [7, 11) is 0. The van der Waals surface area contributed by atoms with Crippen molar-refractivity contribution in [1.82, 2.24) is 4.98 Å². The number of aromatic nitrogens is 1. The van der Waals surface area contributed by atoms with E-state index < -0.39 is 0 Å². The van der Waals surface area contributed by atoms with Crippen LogP contribution in [-0.4, -0.2) is 4.98 Å². The van der Waals surface area contributed by atoms with Crippen LogP contribution in [0, 0.1) is 13.8 Å². The zero-order chi connectivity index (χ0) is 11.3. The Morgan fingerprint density at radius 1 is 1.20 bits per heavy atom. The predicted octanol–water partition coefficient (Wildman–Crippen LogP) is 3.40. The lowest BCUT2D eigenvalue weighted by Crippen LogP contribution is -2.01. The molecule has 0 saturated carbocycles. The second-order valence-corrected chi connectivity index (χ2v) is 4.21. The molecule has 0 aliphatic heterocycles. The standard InChI is InChI=1S/C13H22N2/c1-4-5-6-7-8-12-10(2)13(14)9-15-11(12)3/h9H,4-8,14H2,1-3H3. The highest BCUT2D eigenvalue weighted by Gasteiger charge is 2.06. The highest BCUT2D eigenvalue weighted by Crippen LogP contribution is 2.20. The minimum Gasteiger partial charge on any atom is -0.397 e. The van der Waals surface area contributed by atoms with E-state index in [1.54, 1.807) is 6.20 Å². The van der Waals surface area contributed by atoms with Gasteiger partial charge in [-0.25, -0.2) is 0 Å². The van der Waals surface area contributed by atoms with Gasteiger partial charge >= 0.3 is 0 Å². The molecule has 1 aromatic rings. The van der Waals surface area contributed by atoms with Crippen LogP contribution in [-0.2, 0) is 6.42 Å². The summed E-state index contributed by atoms with van der Waals surface area (Å²) in [4.78, 5) is 4.31. The predicted molar refractivity (Wildman–Crippen MR) is 66.0 cm³/mol. The van der Waals surface area contributed by atoms with E-state index in [9.17, 15) is 0 Å². The van der Waals surface area contributed by atoms with Crippen molar-refractivity contribution >= 4 is 5.69 Å². The molecule has 0 bridgehead atoms. The van der Waals surface area contributed by atoms with E-state index in [0.29, 0.717) is 0 Å². The van der Waals surface area contributed by atoms with Crippen LogP contribution in [0.3, 0.4) is 0 Å². The summed E-state index contributed by atoms with van der Waals surface area (Å²) in [6.45, 7) is 6.40. The molecular formula is C13H22N2. The molecule has 0 unspecified atom stereocenters. The van der Waals surface area contributed by atoms with Gasteiger partial charge in [-0.05, 0) is 37.8 Å². The number of anilines is 1. The number of nitrogens with zero attached hydrogens (tertiary/aromatic N) is 1. The van der Waals surface area contributed by atoms with Crippen LogP contribution < -0.4 is 5.73 Å². The Balaban J connectivity index is 2.63. The fraction of sp³-hybridized carbons (Fsp3) is 0.615. The average Bonchev–Trinajstić information content (AvgIpc) is 2.23. The summed E-state index contributed by atoms with van der Waals surface area (Å²) < 4.78 is 0. The number of nitrogens with two attached hydrogens (primary N) is 1. The molecule has 0 aliphatic carbocycles. The smallest absolute Gasteiger partial charge is 0.0533 e. The molecule has 15 heavy (non-hydrogen) atoms. The van der Waals surface area contributed by atoms with Crippen LogP contribution in [0.5, 0.6) is 0 Å². The number of pyridine rings is 1. The van der Waals surface area contributed by atoms with E-state index in [0.717, 1.165) is 17.8 Å². The molecule has 0 aromatic carbocycles. The van der Waals surface area contributed by atoms with Gasteiger partial charge in [0.05, 0.1) is 11.9 Å². The molecular weight excluding hydrogens is 184 g/mol. The molecule has 2 heteroatoms. The van der Waals surface area contributed by atoms with Crippen molar-refractivity contribution in [2.45, 2.75) is 52.9 Å². The maximum absolute atomic E-state index is 5.86. The first-order valence-electron chi connectivity index (χ1n) is 5.87. The van der Waals surface area contributed by atoms with Gasteiger partial charge in [-0.1, -0.05) is 26.2 Å². The largest absolute Gasteiger partial charge is 0.397 e. The Labute approximate surface area is 92.9 Å². The molecule has 84 valence electrons. The molecule has 0 aliphatic rings. The number of unbranched alkanes of at least 4 members (excludes halogenated alkanes) is 3. The molecule has 2 N–H and O–H groups in total. The summed E-state index contributed by atoms with van der Waals surface area (Å²) >= 11 is 0. The SMILES string of the molecule is CCCCCCc1c(C)ncc(N)c1C. The van der Waals surface area contributed by atoms with E-state index in [-0.39, 0.29) is 0 Å². The Kier molecular flexibility index (Phi) is 4.60. The molecule has 1 heterocycles. The van der Waals surface area contributed by atoms with Crippen LogP contribution >= 0.6 is 0 Å². The number of rotatable bonds is 5. The van der Waals surface area contributed by atoms with Gasteiger partial charge in [0.25, 0.3) is 0 Å². The van der Waals surface area contributed by atoms with Crippen molar-refractivity contribution in [3.05, 3.63) is 23.0 Å². The normalized spacial score (nSPS) is 10.6. The van der Waals surface area contributed by atoms with Crippen molar-refractivity contribution in [3.8, 4) is 0 Å². The van der Waals surface area contributed by atoms with Crippen LogP contribution in [0.2, 0.25) is 0 Å². The Morgan fingerprint density at radius 2 is 1.93 bits per heavy atom. The van der Waals surface area contributed by atoms with Crippen molar-refractivity contribution in [2.75, 3.05) is 5.73 Å². The second kappa shape index (κ2) is 5.74. The highest BCUT2D eigenvalue weighted by atomic mass is 14.7. The molecule has 0 amide bonds. The fourth-order valence-electron chi connectivity index (χ4n) is 1.88. The molecule has 1 aromatic heterocycles. The topological polar surface area (TPSA) is 38.9 Å². The first-order valence-corrected chi connectivity index (χ1v) is 5.87. The fourth-order valence-corrected chi connectivity index (χ4v) is 1.88. The van der Waals surface area contributed by atoms with E-state index in [1.807, 2.05) is 0 Å². The van der Waals surface area contributed by atoms with Crippen molar-refractivity contribution in [1.29, 1.82) is 0 Å². The van der Waals surface area contributed by atoms with Crippen LogP contribution in [0.4, 0.5) is 5.69 Å². The van der Waals surface area contributed by atoms with E-state index in [4.69, 9.17) is 5.73 Å². The van der Waals surface area contributed by atoms with Gasteiger partial charge < -0.3 is 5.73 Å². The Bertz CT molecular complexity index is 319. The summed E-state index contributed by atoms with van der Waals surface area (Å²) in [6, 6.07) is 0. The van der Waals surface area contributed by atoms with Gasteiger partial charge in [0.15, 0.2) is 0 Å². The third-order valence-electron chi connectivity index (χ3n) is 3.00. The van der Waals surface area contributed by atoms with Crippen molar-refractivity contribution < 1.29 is 0 Å². The lowest BCUT2D eigenvalue weighted by molar-refractivity contribution is 0.663. The van der Waals surface area contributed by atoms with Gasteiger partial charge in [-0.2, -0.15) is 0 Å². The minimum atomic E-state index is 0.825. The number of hydrogen-bond donors (Lipinski definition) is 1. The monoisotopic (exact) mass is 206 g/mol. The Morgan fingerprint density at radius 3 is 2.60 bits per heavy atom. The van der Waals surface area contributed by atoms with Crippen molar-refractivity contribution in [2.24, 2.45) is 0 Å². The molecule has 0 spiro atoms. The zero-order valence-electron chi connectivity index (χ0n) is 10.1. The third kappa shape index (κ3) is 3.22. The van der Waals surface area contributed by atoms with E-state index in [1.165, 1.54) is 36.8 Å². The number of nitrogen functional groups attached to an aromatic ring is 1. The Hall–Kier alpha value is -1.05. The zero-order valence-corrected chi connectivity index (χ0v) is 10.1.